The Balaban J connectivity index is 1.41. The number of guanidine groups is 1. The van der Waals surface area contributed by atoms with Crippen LogP contribution in [0.3, 0.4) is 0 Å². The summed E-state index contributed by atoms with van der Waals surface area (Å²) in [6, 6.07) is 9.62. The fourth-order valence-electron chi connectivity index (χ4n) is 3.23. The minimum absolute atomic E-state index is 0.0806. The molecule has 3 heterocycles. The van der Waals surface area contributed by atoms with Gasteiger partial charge in [0.05, 0.1) is 12.6 Å². The van der Waals surface area contributed by atoms with Crippen LogP contribution in [-0.2, 0) is 9.53 Å². The number of thioether (sulfide) groups is 1. The number of fused-ring (bicyclic) bond motifs is 1. The molecule has 0 saturated carbocycles. The summed E-state index contributed by atoms with van der Waals surface area (Å²) in [7, 11) is 0. The first-order valence-electron chi connectivity index (χ1n) is 8.22. The number of β-lactam (4-membered cyclic amide) rings is 1. The number of hydrogen-bond donors (Lipinski definition) is 3. The molecule has 0 aliphatic carbocycles. The van der Waals surface area contributed by atoms with Crippen LogP contribution in [0.1, 0.15) is 18.5 Å². The van der Waals surface area contributed by atoms with Crippen LogP contribution in [0.2, 0.25) is 0 Å². The number of amides is 1. The van der Waals surface area contributed by atoms with E-state index in [1.807, 2.05) is 30.3 Å². The molecule has 136 valence electrons. The molecule has 2 unspecified atom stereocenters. The van der Waals surface area contributed by atoms with Crippen molar-refractivity contribution >= 4 is 29.8 Å². The minimum Gasteiger partial charge on any atom is -0.449 e. The monoisotopic (exact) mass is 374 g/mol. The molecule has 3 atom stereocenters. The van der Waals surface area contributed by atoms with Crippen molar-refractivity contribution in [1.29, 1.82) is 0 Å². The van der Waals surface area contributed by atoms with Gasteiger partial charge >= 0.3 is 6.16 Å². The van der Waals surface area contributed by atoms with Gasteiger partial charge in [0.15, 0.2) is 5.96 Å². The molecule has 0 aromatic heterocycles. The summed E-state index contributed by atoms with van der Waals surface area (Å²) in [4.78, 5) is 29.3. The second kappa shape index (κ2) is 6.56. The second-order valence-electron chi connectivity index (χ2n) is 6.28. The first-order chi connectivity index (χ1) is 12.5. The lowest BCUT2D eigenvalue weighted by molar-refractivity contribution is -0.145. The van der Waals surface area contributed by atoms with Gasteiger partial charge in [-0.15, -0.1) is 11.8 Å². The summed E-state index contributed by atoms with van der Waals surface area (Å²) in [5, 5.41) is 15.1. The van der Waals surface area contributed by atoms with E-state index in [-0.39, 0.29) is 23.2 Å². The summed E-state index contributed by atoms with van der Waals surface area (Å²) >= 11 is 1.57. The van der Waals surface area contributed by atoms with Gasteiger partial charge < -0.3 is 20.5 Å². The van der Waals surface area contributed by atoms with Crippen LogP contribution in [0, 0.1) is 0 Å². The predicted molar refractivity (Wildman–Crippen MR) is 96.4 cm³/mol. The number of nitrogens with zero attached hydrogens (tertiary/aromatic N) is 2. The topological polar surface area (TPSA) is 103 Å². The summed E-state index contributed by atoms with van der Waals surface area (Å²) in [6.07, 6.45) is -1.42. The maximum Gasteiger partial charge on any atom is 0.512 e. The molecule has 0 bridgehead atoms. The Morgan fingerprint density at radius 1 is 1.42 bits per heavy atom. The van der Waals surface area contributed by atoms with Gasteiger partial charge in [-0.1, -0.05) is 30.3 Å². The molecule has 1 aromatic rings. The predicted octanol–water partition coefficient (Wildman–Crippen LogP) is 1.49. The third kappa shape index (κ3) is 2.88. The van der Waals surface area contributed by atoms with E-state index in [9.17, 15) is 9.59 Å². The van der Waals surface area contributed by atoms with Crippen LogP contribution < -0.4 is 10.6 Å². The molecule has 0 spiro atoms. The molecular formula is C17H18N4O4S. The molecule has 3 N–H and O–H groups in total. The number of nitrogens with one attached hydrogen (secondary N) is 2. The lowest BCUT2D eigenvalue weighted by Gasteiger charge is -2.49. The highest BCUT2D eigenvalue weighted by atomic mass is 32.2. The zero-order chi connectivity index (χ0) is 18.3. The minimum atomic E-state index is -1.42. The summed E-state index contributed by atoms with van der Waals surface area (Å²) in [6.45, 7) is 2.36. The Hall–Kier alpha value is -2.68. The first kappa shape index (κ1) is 16.8. The number of carboxylic acid groups (broad SMARTS) is 1. The van der Waals surface area contributed by atoms with E-state index < -0.39 is 12.2 Å². The van der Waals surface area contributed by atoms with E-state index in [4.69, 9.17) is 9.84 Å². The maximum absolute atomic E-state index is 12.5. The van der Waals surface area contributed by atoms with Crippen molar-refractivity contribution < 1.29 is 19.4 Å². The molecule has 1 aromatic carbocycles. The van der Waals surface area contributed by atoms with Crippen molar-refractivity contribution in [2.75, 3.05) is 12.3 Å². The molecule has 26 heavy (non-hydrogen) atoms. The second-order valence-corrected chi connectivity index (χ2v) is 7.39. The Bertz CT molecular complexity index is 810. The van der Waals surface area contributed by atoms with Crippen LogP contribution in [0.5, 0.6) is 0 Å². The molecule has 1 saturated heterocycles. The van der Waals surface area contributed by atoms with Crippen LogP contribution >= 0.6 is 11.8 Å². The Labute approximate surface area is 154 Å². The van der Waals surface area contributed by atoms with Gasteiger partial charge in [-0.2, -0.15) is 0 Å². The van der Waals surface area contributed by atoms with Crippen molar-refractivity contribution in [2.24, 2.45) is 4.99 Å². The normalized spacial score (nSPS) is 27.3. The Morgan fingerprint density at radius 2 is 2.19 bits per heavy atom. The molecule has 1 fully saturated rings. The van der Waals surface area contributed by atoms with Crippen LogP contribution in [0.15, 0.2) is 46.8 Å². The lowest BCUT2D eigenvalue weighted by Crippen LogP contribution is -2.70. The molecule has 1 amide bonds. The number of ether oxygens (including phenoxy) is 1. The number of aliphatic imine (C=N–C) groups is 1. The summed E-state index contributed by atoms with van der Waals surface area (Å²) in [5.74, 6) is 1.12. The van der Waals surface area contributed by atoms with Crippen molar-refractivity contribution in [3.8, 4) is 0 Å². The SMILES string of the molecule is CC1=C(OC(=O)O)N2C(=O)C(NC3=NCC(c4ccccc4)N3)[C@@H]2SC1. The number of hydrogen-bond acceptors (Lipinski definition) is 7. The zero-order valence-electron chi connectivity index (χ0n) is 14.0. The van der Waals surface area contributed by atoms with E-state index in [0.717, 1.165) is 11.1 Å². The molecule has 9 heteroatoms. The standard InChI is InChI=1S/C17H18N4O4S/c1-9-8-26-15-12(13(22)21(15)14(9)25-17(23)24)20-16-18-7-11(19-16)10-5-3-2-4-6-10/h2-6,11-12,15H,7-8H2,1H3,(H,23,24)(H2,18,19,20)/t11?,12?,15-/m0/s1. The molecule has 8 nitrogen and oxygen atoms in total. The van der Waals surface area contributed by atoms with E-state index >= 15 is 0 Å². The van der Waals surface area contributed by atoms with Gasteiger partial charge in [-0.25, -0.2) is 4.79 Å². The Morgan fingerprint density at radius 3 is 2.92 bits per heavy atom. The maximum atomic E-state index is 12.5. The van der Waals surface area contributed by atoms with Gasteiger partial charge in [0.2, 0.25) is 5.88 Å². The average molecular weight is 374 g/mol. The number of carbonyl (C=O) groups excluding carboxylic acids is 1. The van der Waals surface area contributed by atoms with E-state index in [1.165, 1.54) is 4.90 Å². The highest BCUT2D eigenvalue weighted by molar-refractivity contribution is 8.00. The lowest BCUT2D eigenvalue weighted by atomic mass is 10.1. The largest absolute Gasteiger partial charge is 0.512 e. The quantitative estimate of drug-likeness (QED) is 0.544. The highest BCUT2D eigenvalue weighted by Gasteiger charge is 2.53. The van der Waals surface area contributed by atoms with Gasteiger partial charge in [0.1, 0.15) is 11.4 Å². The van der Waals surface area contributed by atoms with E-state index in [0.29, 0.717) is 18.3 Å². The number of rotatable bonds is 3. The third-order valence-corrected chi connectivity index (χ3v) is 5.94. The molecular weight excluding hydrogens is 356 g/mol. The summed E-state index contributed by atoms with van der Waals surface area (Å²) in [5.41, 5.74) is 1.87. The van der Waals surface area contributed by atoms with E-state index in [2.05, 4.69) is 15.6 Å². The van der Waals surface area contributed by atoms with Crippen molar-refractivity contribution in [3.63, 3.8) is 0 Å². The van der Waals surface area contributed by atoms with Crippen LogP contribution in [0.25, 0.3) is 0 Å². The highest BCUT2D eigenvalue weighted by Crippen LogP contribution is 2.40. The molecule has 3 aliphatic heterocycles. The van der Waals surface area contributed by atoms with E-state index in [1.54, 1.807) is 18.7 Å². The van der Waals surface area contributed by atoms with Crippen LogP contribution in [-0.4, -0.2) is 51.7 Å². The molecule has 3 aliphatic rings. The first-order valence-corrected chi connectivity index (χ1v) is 9.27. The van der Waals surface area contributed by atoms with Gasteiger partial charge in [0, 0.05) is 5.75 Å². The van der Waals surface area contributed by atoms with Gasteiger partial charge in [0.25, 0.3) is 5.91 Å². The average Bonchev–Trinajstić information content (AvgIpc) is 3.10. The fourth-order valence-corrected chi connectivity index (χ4v) is 4.50. The number of carbonyl (C=O) groups is 2. The third-order valence-electron chi connectivity index (χ3n) is 4.52. The van der Waals surface area contributed by atoms with Crippen molar-refractivity contribution in [1.82, 2.24) is 15.5 Å². The van der Waals surface area contributed by atoms with Gasteiger partial charge in [-0.05, 0) is 18.1 Å². The summed E-state index contributed by atoms with van der Waals surface area (Å²) < 4.78 is 4.82. The van der Waals surface area contributed by atoms with Crippen molar-refractivity contribution in [3.05, 3.63) is 47.4 Å². The zero-order valence-corrected chi connectivity index (χ0v) is 14.8. The van der Waals surface area contributed by atoms with Crippen molar-refractivity contribution in [2.45, 2.75) is 24.4 Å². The van der Waals surface area contributed by atoms with Crippen LogP contribution in [0.4, 0.5) is 4.79 Å². The fraction of sp³-hybridized carbons (Fsp3) is 0.353. The molecule has 4 rings (SSSR count). The smallest absolute Gasteiger partial charge is 0.449 e. The number of benzene rings is 1. The Kier molecular flexibility index (Phi) is 4.23. The van der Waals surface area contributed by atoms with Gasteiger partial charge in [-0.3, -0.25) is 14.7 Å². The molecule has 0 radical (unpaired) electrons.